The number of benzene rings is 2. The van der Waals surface area contributed by atoms with Crippen molar-refractivity contribution >= 4 is 46.6 Å². The average molecular weight is 879 g/mol. The molecule has 0 aliphatic carbocycles. The van der Waals surface area contributed by atoms with Crippen LogP contribution in [0.25, 0.3) is 17.1 Å². The van der Waals surface area contributed by atoms with Crippen molar-refractivity contribution in [3.8, 4) is 0 Å². The van der Waals surface area contributed by atoms with Gasteiger partial charge in [0, 0.05) is 88.1 Å². The summed E-state index contributed by atoms with van der Waals surface area (Å²) in [7, 11) is 0. The number of para-hydroxylation sites is 1. The molecule has 2 aromatic rings. The summed E-state index contributed by atoms with van der Waals surface area (Å²) in [6, 6.07) is 13.5. The van der Waals surface area contributed by atoms with Crippen molar-refractivity contribution in [1.29, 1.82) is 0 Å². The standard InChI is InChI=1S/C43H65N8O6.Y/c1-29(2)37(52)22-6-5-15-27-51(46)41-33-18-9-10-21-36(33)50(28-31-16-7-8-17-32(31)40(41)45)39(54)24-23-38(53)47-26-14-12-20-35(43(56)57)49-42(55)34(48-30(3)4)19-11-13-25-44;/h7-10,16-18,21,29-30,34-35,44,48H,5-6,11-15,19-20,22-28,45-46H2,1-4H3,(H,47,53)(H,49,55)(H,56,57);/q-1;/b41-40-;. The quantitative estimate of drug-likeness (QED) is 0.0417. The molecule has 2 aromatic carbocycles. The van der Waals surface area contributed by atoms with Gasteiger partial charge < -0.3 is 42.4 Å². The molecule has 0 aromatic heterocycles. The summed E-state index contributed by atoms with van der Waals surface area (Å²) in [5.41, 5.74) is 18.3. The van der Waals surface area contributed by atoms with Crippen molar-refractivity contribution < 1.29 is 61.8 Å². The molecule has 14 nitrogen and oxygen atoms in total. The summed E-state index contributed by atoms with van der Waals surface area (Å²) in [4.78, 5) is 65.5. The van der Waals surface area contributed by atoms with Gasteiger partial charge in [-0.3, -0.25) is 19.2 Å². The molecular formula is C43H65N8O6Y-. The molecule has 0 bridgehead atoms. The first-order valence-corrected chi connectivity index (χ1v) is 20.5. The summed E-state index contributed by atoms with van der Waals surface area (Å²) >= 11 is 0. The molecule has 15 heteroatoms. The van der Waals surface area contributed by atoms with Crippen LogP contribution in [0, 0.1) is 5.92 Å². The fourth-order valence-corrected chi connectivity index (χ4v) is 6.89. The number of nitrogens with one attached hydrogen (secondary N) is 4. The number of hydrogen-bond acceptors (Lipinski definition) is 9. The van der Waals surface area contributed by atoms with Crippen molar-refractivity contribution in [1.82, 2.24) is 21.0 Å². The second-order valence-corrected chi connectivity index (χ2v) is 15.4. The van der Waals surface area contributed by atoms with Gasteiger partial charge in [0.05, 0.1) is 29.7 Å². The van der Waals surface area contributed by atoms with Crippen LogP contribution in [0.5, 0.6) is 0 Å². The van der Waals surface area contributed by atoms with Crippen LogP contribution in [0.1, 0.15) is 121 Å². The number of carbonyl (C=O) groups excluding carboxylic acids is 4. The van der Waals surface area contributed by atoms with Crippen LogP contribution in [0.3, 0.4) is 0 Å². The zero-order valence-corrected chi connectivity index (χ0v) is 37.7. The summed E-state index contributed by atoms with van der Waals surface area (Å²) in [5.74, 6) is 4.97. The molecule has 58 heavy (non-hydrogen) atoms. The Balaban J connectivity index is 0.0000116. The number of Topliss-reactive ketones (excluding diaryl/α,β-unsaturated/α-hetero) is 1. The number of carboxylic acids is 1. The molecule has 0 saturated heterocycles. The van der Waals surface area contributed by atoms with Gasteiger partial charge in [-0.05, 0) is 50.2 Å². The summed E-state index contributed by atoms with van der Waals surface area (Å²) in [6.45, 7) is 8.97. The normalized spacial score (nSPS) is 14.7. The molecular weight excluding hydrogens is 813 g/mol. The Morgan fingerprint density at radius 1 is 0.828 bits per heavy atom. The third kappa shape index (κ3) is 16.2. The SMILES string of the molecule is CC(C)NC(CCCC[NH-])C(=O)NC(CCCCNC(=O)CCC(=O)N1Cc2ccccc2/C(N)=C(/N(N)CCCCCC(=O)C(C)C)c2ccccc21)C(=O)O.[Y]. The van der Waals surface area contributed by atoms with Gasteiger partial charge in [-0.15, -0.1) is 0 Å². The number of hydrogen-bond donors (Lipinski definition) is 6. The minimum Gasteiger partial charge on any atom is -0.677 e. The van der Waals surface area contributed by atoms with E-state index in [4.69, 9.17) is 17.3 Å². The van der Waals surface area contributed by atoms with Gasteiger partial charge in [-0.1, -0.05) is 89.4 Å². The zero-order valence-electron chi connectivity index (χ0n) is 34.9. The van der Waals surface area contributed by atoms with Crippen molar-refractivity contribution in [3.05, 3.63) is 71.0 Å². The van der Waals surface area contributed by atoms with Gasteiger partial charge in [0.1, 0.15) is 11.8 Å². The predicted molar refractivity (Wildman–Crippen MR) is 225 cm³/mol. The number of ketones is 1. The van der Waals surface area contributed by atoms with Crippen LogP contribution in [0.4, 0.5) is 5.69 Å². The number of carboxylic acid groups (broad SMARTS) is 1. The molecule has 3 rings (SSSR count). The van der Waals surface area contributed by atoms with E-state index in [9.17, 15) is 29.1 Å². The van der Waals surface area contributed by atoms with Crippen molar-refractivity contribution in [2.45, 2.75) is 129 Å². The van der Waals surface area contributed by atoms with Crippen molar-refractivity contribution in [2.75, 3.05) is 24.5 Å². The topological polar surface area (TPSA) is 224 Å². The van der Waals surface area contributed by atoms with E-state index >= 15 is 0 Å². The maximum Gasteiger partial charge on any atom is 0.326 e. The first-order valence-electron chi connectivity index (χ1n) is 20.5. The van der Waals surface area contributed by atoms with E-state index in [1.54, 1.807) is 9.91 Å². The van der Waals surface area contributed by atoms with Gasteiger partial charge in [0.25, 0.3) is 0 Å². The molecule has 1 radical (unpaired) electrons. The first-order chi connectivity index (χ1) is 27.2. The number of fused-ring (bicyclic) bond motifs is 2. The molecule has 1 aliphatic heterocycles. The van der Waals surface area contributed by atoms with Crippen LogP contribution in [-0.4, -0.2) is 77.3 Å². The second-order valence-electron chi connectivity index (χ2n) is 15.4. The summed E-state index contributed by atoms with van der Waals surface area (Å²) < 4.78 is 0. The van der Waals surface area contributed by atoms with Gasteiger partial charge in [0.2, 0.25) is 17.7 Å². The molecule has 317 valence electrons. The van der Waals surface area contributed by atoms with Crippen molar-refractivity contribution in [3.63, 3.8) is 0 Å². The number of nitrogens with zero attached hydrogens (tertiary/aromatic N) is 2. The smallest absolute Gasteiger partial charge is 0.326 e. The second kappa shape index (κ2) is 26.4. The monoisotopic (exact) mass is 878 g/mol. The Bertz CT molecular complexity index is 1690. The third-order valence-electron chi connectivity index (χ3n) is 10.1. The number of amides is 3. The Hall–Kier alpha value is -3.69. The Kier molecular flexibility index (Phi) is 23.0. The fourth-order valence-electron chi connectivity index (χ4n) is 6.89. The number of aliphatic carboxylic acids is 1. The largest absolute Gasteiger partial charge is 0.677 e. The summed E-state index contributed by atoms with van der Waals surface area (Å²) in [6.07, 6.45) is 5.85. The van der Waals surface area contributed by atoms with E-state index in [2.05, 4.69) is 16.0 Å². The van der Waals surface area contributed by atoms with E-state index in [0.29, 0.717) is 74.3 Å². The predicted octanol–water partition coefficient (Wildman–Crippen LogP) is 5.50. The third-order valence-corrected chi connectivity index (χ3v) is 10.1. The van der Waals surface area contributed by atoms with E-state index < -0.39 is 18.1 Å². The van der Waals surface area contributed by atoms with E-state index in [-0.39, 0.29) is 101 Å². The van der Waals surface area contributed by atoms with Crippen LogP contribution >= 0.6 is 0 Å². The van der Waals surface area contributed by atoms with E-state index in [0.717, 1.165) is 30.4 Å². The van der Waals surface area contributed by atoms with Crippen LogP contribution in [-0.2, 0) is 63.2 Å². The van der Waals surface area contributed by atoms with Gasteiger partial charge >= 0.3 is 5.97 Å². The van der Waals surface area contributed by atoms with E-state index in [1.165, 1.54) is 0 Å². The Morgan fingerprint density at radius 2 is 1.48 bits per heavy atom. The number of nitrogens with two attached hydrogens (primary N) is 2. The zero-order chi connectivity index (χ0) is 41.9. The molecule has 2 unspecified atom stereocenters. The molecule has 0 spiro atoms. The minimum absolute atomic E-state index is 0. The fraction of sp³-hybridized carbons (Fsp3) is 0.558. The number of rotatable bonds is 25. The maximum absolute atomic E-state index is 14.0. The van der Waals surface area contributed by atoms with Gasteiger partial charge in [-0.25, -0.2) is 10.6 Å². The van der Waals surface area contributed by atoms with E-state index in [1.807, 2.05) is 76.2 Å². The number of anilines is 1. The minimum atomic E-state index is -1.12. The van der Waals surface area contributed by atoms with Gasteiger partial charge in [-0.2, -0.15) is 6.54 Å². The molecule has 1 aliphatic rings. The average Bonchev–Trinajstić information content (AvgIpc) is 3.17. The van der Waals surface area contributed by atoms with Crippen molar-refractivity contribution in [2.24, 2.45) is 17.5 Å². The van der Waals surface area contributed by atoms with Crippen LogP contribution in [0.2, 0.25) is 0 Å². The van der Waals surface area contributed by atoms with Crippen LogP contribution in [0.15, 0.2) is 48.5 Å². The molecule has 9 N–H and O–H groups in total. The summed E-state index contributed by atoms with van der Waals surface area (Å²) in [5, 5.41) is 20.1. The van der Waals surface area contributed by atoms with Crippen LogP contribution < -0.4 is 32.4 Å². The molecule has 0 fully saturated rings. The number of hydrazine groups is 1. The molecule has 1 heterocycles. The number of carbonyl (C=O) groups is 5. The number of unbranched alkanes of at least 4 members (excludes halogenated alkanes) is 4. The maximum atomic E-state index is 14.0. The molecule has 3 amide bonds. The first kappa shape index (κ1) is 50.5. The Labute approximate surface area is 369 Å². The molecule has 2 atom stereocenters. The molecule has 0 saturated carbocycles. The van der Waals surface area contributed by atoms with Gasteiger partial charge in [0.15, 0.2) is 0 Å². The Morgan fingerprint density at radius 3 is 2.16 bits per heavy atom.